The normalized spacial score (nSPS) is 17.1. The molecule has 1 amide bonds. The Balaban J connectivity index is 1.72. The van der Waals surface area contributed by atoms with Gasteiger partial charge in [-0.25, -0.2) is 17.5 Å². The fourth-order valence-electron chi connectivity index (χ4n) is 3.18. The number of fused-ring (bicyclic) bond motifs is 1. The van der Waals surface area contributed by atoms with Gasteiger partial charge in [-0.15, -0.1) is 10.2 Å². The largest absolute Gasteiger partial charge is 0.271 e. The maximum Gasteiger partial charge on any atom is 0.257 e. The van der Waals surface area contributed by atoms with Crippen LogP contribution in [-0.2, 0) is 27.8 Å². The maximum atomic E-state index is 13.2. The molecule has 0 saturated carbocycles. The van der Waals surface area contributed by atoms with Gasteiger partial charge in [0.15, 0.2) is 0 Å². The van der Waals surface area contributed by atoms with Crippen LogP contribution in [0.15, 0.2) is 66.1 Å². The number of benzene rings is 2. The molecular formula is C18H16FN5O3S. The minimum Gasteiger partial charge on any atom is -0.271 e. The lowest BCUT2D eigenvalue weighted by atomic mass is 9.95. The summed E-state index contributed by atoms with van der Waals surface area (Å²) in [5.74, 6) is -1.05. The predicted octanol–water partition coefficient (Wildman–Crippen LogP) is 1.30. The molecule has 0 aliphatic carbocycles. The summed E-state index contributed by atoms with van der Waals surface area (Å²) in [4.78, 5) is 12.8. The molecule has 4 rings (SSSR count). The number of aromatic nitrogens is 3. The summed E-state index contributed by atoms with van der Waals surface area (Å²) in [6.45, 7) is 0.0378. The van der Waals surface area contributed by atoms with Crippen molar-refractivity contribution < 1.29 is 17.6 Å². The van der Waals surface area contributed by atoms with E-state index in [1.807, 2.05) is 24.3 Å². The molecule has 144 valence electrons. The van der Waals surface area contributed by atoms with Gasteiger partial charge >= 0.3 is 0 Å². The Morgan fingerprint density at radius 3 is 2.36 bits per heavy atom. The van der Waals surface area contributed by atoms with Gasteiger partial charge in [0.2, 0.25) is 10.0 Å². The van der Waals surface area contributed by atoms with Gasteiger partial charge in [-0.05, 0) is 41.8 Å². The van der Waals surface area contributed by atoms with Crippen LogP contribution in [0, 0.1) is 5.82 Å². The Morgan fingerprint density at radius 1 is 1.04 bits per heavy atom. The summed E-state index contributed by atoms with van der Waals surface area (Å²) in [5.41, 5.74) is 4.29. The molecule has 0 radical (unpaired) electrons. The SMILES string of the molecule is O=C(Nn1cnnc1)[C@@H]1Cc2ccccc2CN1S(=O)(=O)c1ccc(F)cc1. The molecule has 1 atom stereocenters. The molecule has 1 aliphatic rings. The summed E-state index contributed by atoms with van der Waals surface area (Å²) in [5, 5.41) is 7.22. The first-order valence-corrected chi connectivity index (χ1v) is 9.89. The fourth-order valence-corrected chi connectivity index (χ4v) is 4.74. The van der Waals surface area contributed by atoms with Crippen molar-refractivity contribution in [1.29, 1.82) is 0 Å². The summed E-state index contributed by atoms with van der Waals surface area (Å²) in [6.07, 6.45) is 2.81. The second-order valence-corrected chi connectivity index (χ2v) is 8.23. The summed E-state index contributed by atoms with van der Waals surface area (Å²) >= 11 is 0. The van der Waals surface area contributed by atoms with Gasteiger partial charge in [-0.1, -0.05) is 24.3 Å². The molecule has 28 heavy (non-hydrogen) atoms. The van der Waals surface area contributed by atoms with E-state index in [9.17, 15) is 17.6 Å². The average Bonchev–Trinajstić information content (AvgIpc) is 3.20. The molecule has 1 N–H and O–H groups in total. The predicted molar refractivity (Wildman–Crippen MR) is 97.5 cm³/mol. The second-order valence-electron chi connectivity index (χ2n) is 6.34. The molecule has 2 aromatic carbocycles. The van der Waals surface area contributed by atoms with Gasteiger partial charge in [0.25, 0.3) is 5.91 Å². The van der Waals surface area contributed by atoms with Crippen LogP contribution in [0.1, 0.15) is 11.1 Å². The number of carbonyl (C=O) groups is 1. The highest BCUT2D eigenvalue weighted by Crippen LogP contribution is 2.29. The third-order valence-electron chi connectivity index (χ3n) is 4.59. The molecule has 1 aliphatic heterocycles. The molecule has 8 nitrogen and oxygen atoms in total. The number of hydrogen-bond donors (Lipinski definition) is 1. The highest BCUT2D eigenvalue weighted by molar-refractivity contribution is 7.89. The lowest BCUT2D eigenvalue weighted by molar-refractivity contribution is -0.121. The van der Waals surface area contributed by atoms with E-state index in [2.05, 4.69) is 15.6 Å². The number of halogens is 1. The summed E-state index contributed by atoms with van der Waals surface area (Å²) < 4.78 is 42.1. The molecule has 0 spiro atoms. The zero-order chi connectivity index (χ0) is 19.7. The quantitative estimate of drug-likeness (QED) is 0.711. The van der Waals surface area contributed by atoms with Crippen LogP contribution in [0.2, 0.25) is 0 Å². The molecule has 0 bridgehead atoms. The van der Waals surface area contributed by atoms with E-state index in [4.69, 9.17) is 0 Å². The standard InChI is InChI=1S/C18H16FN5O3S/c19-15-5-7-16(8-6-15)28(26,27)24-10-14-4-2-1-3-13(14)9-17(24)18(25)22-23-11-20-21-12-23/h1-8,11-12,17H,9-10H2,(H,22,25)/t17-/m0/s1. The number of hydrogen-bond acceptors (Lipinski definition) is 5. The van der Waals surface area contributed by atoms with Gasteiger partial charge < -0.3 is 0 Å². The maximum absolute atomic E-state index is 13.2. The number of amides is 1. The van der Waals surface area contributed by atoms with E-state index in [0.29, 0.717) is 0 Å². The third-order valence-corrected chi connectivity index (χ3v) is 6.46. The number of nitrogens with zero attached hydrogens (tertiary/aromatic N) is 4. The van der Waals surface area contributed by atoms with Gasteiger partial charge in [0.05, 0.1) is 4.90 Å². The number of carbonyl (C=O) groups excluding carboxylic acids is 1. The first kappa shape index (κ1) is 18.3. The lowest BCUT2D eigenvalue weighted by Gasteiger charge is -2.34. The smallest absolute Gasteiger partial charge is 0.257 e. The van der Waals surface area contributed by atoms with Crippen LogP contribution >= 0.6 is 0 Å². The monoisotopic (exact) mass is 401 g/mol. The topological polar surface area (TPSA) is 97.2 Å². The Hall–Kier alpha value is -3.11. The second kappa shape index (κ2) is 7.13. The van der Waals surface area contributed by atoms with Crippen LogP contribution in [0.25, 0.3) is 0 Å². The molecule has 0 fully saturated rings. The minimum atomic E-state index is -4.03. The zero-order valence-electron chi connectivity index (χ0n) is 14.6. The van der Waals surface area contributed by atoms with Gasteiger partial charge in [-0.3, -0.25) is 10.2 Å². The summed E-state index contributed by atoms with van der Waals surface area (Å²) in [7, 11) is -4.03. The van der Waals surface area contributed by atoms with E-state index < -0.39 is 27.8 Å². The minimum absolute atomic E-state index is 0.0378. The van der Waals surface area contributed by atoms with E-state index in [0.717, 1.165) is 27.6 Å². The van der Waals surface area contributed by atoms with E-state index in [1.54, 1.807) is 0 Å². The molecule has 10 heteroatoms. The van der Waals surface area contributed by atoms with Crippen LogP contribution < -0.4 is 5.43 Å². The van der Waals surface area contributed by atoms with E-state index in [-0.39, 0.29) is 17.9 Å². The highest BCUT2D eigenvalue weighted by atomic mass is 32.2. The molecule has 1 aromatic heterocycles. The van der Waals surface area contributed by atoms with Crippen LogP contribution in [0.3, 0.4) is 0 Å². The number of nitrogens with one attached hydrogen (secondary N) is 1. The van der Waals surface area contributed by atoms with Crippen molar-refractivity contribution in [3.05, 3.63) is 78.1 Å². The van der Waals surface area contributed by atoms with E-state index >= 15 is 0 Å². The lowest BCUT2D eigenvalue weighted by Crippen LogP contribution is -2.51. The third kappa shape index (κ3) is 3.39. The number of rotatable bonds is 4. The van der Waals surface area contributed by atoms with Crippen molar-refractivity contribution in [1.82, 2.24) is 19.2 Å². The van der Waals surface area contributed by atoms with Crippen molar-refractivity contribution in [2.75, 3.05) is 5.43 Å². The average molecular weight is 401 g/mol. The van der Waals surface area contributed by atoms with Gasteiger partial charge in [-0.2, -0.15) is 4.31 Å². The fraction of sp³-hybridized carbons (Fsp3) is 0.167. The Bertz CT molecular complexity index is 1100. The first-order valence-electron chi connectivity index (χ1n) is 8.45. The Morgan fingerprint density at radius 2 is 1.68 bits per heavy atom. The van der Waals surface area contributed by atoms with Gasteiger partial charge in [0, 0.05) is 6.54 Å². The van der Waals surface area contributed by atoms with Crippen molar-refractivity contribution in [3.8, 4) is 0 Å². The van der Waals surface area contributed by atoms with Crippen LogP contribution in [0.4, 0.5) is 4.39 Å². The van der Waals surface area contributed by atoms with Crippen molar-refractivity contribution >= 4 is 15.9 Å². The molecule has 3 aromatic rings. The highest BCUT2D eigenvalue weighted by Gasteiger charge is 2.39. The zero-order valence-corrected chi connectivity index (χ0v) is 15.4. The van der Waals surface area contributed by atoms with Crippen LogP contribution in [0.5, 0.6) is 0 Å². The van der Waals surface area contributed by atoms with Crippen molar-refractivity contribution in [3.63, 3.8) is 0 Å². The Kier molecular flexibility index (Phi) is 4.65. The molecule has 2 heterocycles. The van der Waals surface area contributed by atoms with Crippen molar-refractivity contribution in [2.45, 2.75) is 23.9 Å². The summed E-state index contributed by atoms with van der Waals surface area (Å²) in [6, 6.07) is 10.9. The molecule has 0 unspecified atom stereocenters. The number of sulfonamides is 1. The van der Waals surface area contributed by atoms with Crippen LogP contribution in [-0.4, -0.2) is 39.5 Å². The Labute approximate surface area is 160 Å². The van der Waals surface area contributed by atoms with E-state index in [1.165, 1.54) is 29.5 Å². The first-order chi connectivity index (χ1) is 13.4. The van der Waals surface area contributed by atoms with Crippen molar-refractivity contribution in [2.24, 2.45) is 0 Å². The van der Waals surface area contributed by atoms with Gasteiger partial charge in [0.1, 0.15) is 24.5 Å². The molecule has 0 saturated heterocycles. The molecular weight excluding hydrogens is 385 g/mol.